The van der Waals surface area contributed by atoms with Crippen molar-refractivity contribution in [2.75, 3.05) is 13.1 Å². The molecule has 20 heavy (non-hydrogen) atoms. The predicted molar refractivity (Wildman–Crippen MR) is 79.5 cm³/mol. The van der Waals surface area contributed by atoms with Crippen molar-refractivity contribution < 1.29 is 13.5 Å². The Kier molecular flexibility index (Phi) is 4.97. The minimum atomic E-state index is -3.65. The van der Waals surface area contributed by atoms with Crippen LogP contribution in [0.3, 0.4) is 0 Å². The maximum Gasteiger partial charge on any atom is 0.244 e. The van der Waals surface area contributed by atoms with E-state index in [0.29, 0.717) is 19.0 Å². The average molecular weight is 338 g/mol. The van der Waals surface area contributed by atoms with Crippen molar-refractivity contribution in [2.24, 2.45) is 5.92 Å². The van der Waals surface area contributed by atoms with Gasteiger partial charge in [-0.3, -0.25) is 0 Å². The summed E-state index contributed by atoms with van der Waals surface area (Å²) in [6, 6.07) is 2.85. The summed E-state index contributed by atoms with van der Waals surface area (Å²) in [7, 11) is -3.65. The van der Waals surface area contributed by atoms with Gasteiger partial charge >= 0.3 is 0 Å². The molecule has 1 aliphatic carbocycles. The molecule has 0 bridgehead atoms. The van der Waals surface area contributed by atoms with Gasteiger partial charge in [-0.25, -0.2) is 8.42 Å². The third-order valence-corrected chi connectivity index (χ3v) is 6.32. The highest BCUT2D eigenvalue weighted by Gasteiger charge is 2.32. The molecular weight excluding hydrogens is 321 g/mol. The van der Waals surface area contributed by atoms with Crippen LogP contribution in [0, 0.1) is 5.92 Å². The van der Waals surface area contributed by atoms with E-state index in [4.69, 9.17) is 23.2 Å². The van der Waals surface area contributed by atoms with E-state index in [9.17, 15) is 13.5 Å². The number of nitrogens with zero attached hydrogens (tertiary/aromatic N) is 1. The van der Waals surface area contributed by atoms with E-state index >= 15 is 0 Å². The van der Waals surface area contributed by atoms with Crippen LogP contribution in [0.15, 0.2) is 17.0 Å². The molecule has 0 spiro atoms. The first-order valence-corrected chi connectivity index (χ1v) is 8.69. The van der Waals surface area contributed by atoms with Crippen LogP contribution < -0.4 is 0 Å². The summed E-state index contributed by atoms with van der Waals surface area (Å²) in [6.07, 6.45) is 2.14. The minimum Gasteiger partial charge on any atom is -0.392 e. The fourth-order valence-electron chi connectivity index (χ4n) is 2.04. The molecule has 0 atom stereocenters. The lowest BCUT2D eigenvalue weighted by molar-refractivity contribution is 0.281. The van der Waals surface area contributed by atoms with E-state index in [0.717, 1.165) is 12.8 Å². The number of halogens is 2. The van der Waals surface area contributed by atoms with Crippen molar-refractivity contribution >= 4 is 33.2 Å². The second-order valence-electron chi connectivity index (χ2n) is 4.90. The third-order valence-electron chi connectivity index (χ3n) is 3.44. The van der Waals surface area contributed by atoms with Crippen LogP contribution in [0.5, 0.6) is 0 Å². The first-order chi connectivity index (χ1) is 9.41. The molecule has 7 heteroatoms. The molecule has 0 unspecified atom stereocenters. The molecule has 1 aromatic carbocycles. The quantitative estimate of drug-likeness (QED) is 0.868. The average Bonchev–Trinajstić information content (AvgIpc) is 3.19. The molecule has 1 aliphatic rings. The molecule has 112 valence electrons. The fourth-order valence-corrected chi connectivity index (χ4v) is 4.44. The lowest BCUT2D eigenvalue weighted by Crippen LogP contribution is -2.33. The summed E-state index contributed by atoms with van der Waals surface area (Å²) in [4.78, 5) is 0.00937. The summed E-state index contributed by atoms with van der Waals surface area (Å²) in [5, 5.41) is 9.54. The minimum absolute atomic E-state index is 0.00856. The number of benzene rings is 1. The summed E-state index contributed by atoms with van der Waals surface area (Å²) < 4.78 is 26.7. The Hall–Kier alpha value is -0.330. The molecule has 2 rings (SSSR count). The standard InChI is InChI=1S/C13H17Cl2NO3S/c1-2-16(7-9-3-4-9)20(18,19)12-6-5-11(14)10(8-17)13(12)15/h5-6,9,17H,2-4,7-8H2,1H3. The van der Waals surface area contributed by atoms with Crippen LogP contribution in [0.2, 0.25) is 10.0 Å². The molecule has 0 radical (unpaired) electrons. The second-order valence-corrected chi connectivity index (χ2v) is 7.59. The molecular formula is C13H17Cl2NO3S. The molecule has 0 saturated heterocycles. The first-order valence-electron chi connectivity index (χ1n) is 6.49. The largest absolute Gasteiger partial charge is 0.392 e. The van der Waals surface area contributed by atoms with E-state index < -0.39 is 16.6 Å². The topological polar surface area (TPSA) is 57.6 Å². The molecule has 0 aliphatic heterocycles. The van der Waals surface area contributed by atoms with Crippen molar-refractivity contribution in [3.8, 4) is 0 Å². The van der Waals surface area contributed by atoms with Crippen molar-refractivity contribution in [2.45, 2.75) is 31.3 Å². The van der Waals surface area contributed by atoms with Gasteiger partial charge in [0.15, 0.2) is 0 Å². The van der Waals surface area contributed by atoms with Gasteiger partial charge in [0.25, 0.3) is 0 Å². The molecule has 4 nitrogen and oxygen atoms in total. The van der Waals surface area contributed by atoms with Gasteiger partial charge in [0, 0.05) is 23.7 Å². The van der Waals surface area contributed by atoms with Crippen LogP contribution in [-0.4, -0.2) is 30.9 Å². The maximum atomic E-state index is 12.6. The highest BCUT2D eigenvalue weighted by molar-refractivity contribution is 7.89. The van der Waals surface area contributed by atoms with Crippen molar-refractivity contribution in [1.82, 2.24) is 4.31 Å². The monoisotopic (exact) mass is 337 g/mol. The van der Waals surface area contributed by atoms with Crippen LogP contribution in [-0.2, 0) is 16.6 Å². The molecule has 0 amide bonds. The Morgan fingerprint density at radius 2 is 2.00 bits per heavy atom. The number of rotatable bonds is 6. The van der Waals surface area contributed by atoms with E-state index in [1.54, 1.807) is 6.92 Å². The Balaban J connectivity index is 2.42. The zero-order valence-electron chi connectivity index (χ0n) is 11.1. The Morgan fingerprint density at radius 3 is 2.50 bits per heavy atom. The SMILES string of the molecule is CCN(CC1CC1)S(=O)(=O)c1ccc(Cl)c(CO)c1Cl. The lowest BCUT2D eigenvalue weighted by Gasteiger charge is -2.21. The van der Waals surface area contributed by atoms with E-state index in [1.807, 2.05) is 0 Å². The normalized spacial score (nSPS) is 15.8. The zero-order valence-corrected chi connectivity index (χ0v) is 13.5. The van der Waals surface area contributed by atoms with E-state index in [1.165, 1.54) is 16.4 Å². The molecule has 1 saturated carbocycles. The number of sulfonamides is 1. The molecule has 1 aromatic rings. The van der Waals surface area contributed by atoms with Gasteiger partial charge in [-0.1, -0.05) is 30.1 Å². The van der Waals surface area contributed by atoms with Gasteiger partial charge in [0.1, 0.15) is 4.90 Å². The third kappa shape index (κ3) is 3.12. The van der Waals surface area contributed by atoms with Crippen LogP contribution >= 0.6 is 23.2 Å². The lowest BCUT2D eigenvalue weighted by atomic mass is 10.2. The Morgan fingerprint density at radius 1 is 1.35 bits per heavy atom. The fraction of sp³-hybridized carbons (Fsp3) is 0.538. The van der Waals surface area contributed by atoms with Gasteiger partial charge in [-0.15, -0.1) is 0 Å². The van der Waals surface area contributed by atoms with Crippen LogP contribution in [0.25, 0.3) is 0 Å². The van der Waals surface area contributed by atoms with Crippen molar-refractivity contribution in [3.63, 3.8) is 0 Å². The maximum absolute atomic E-state index is 12.6. The van der Waals surface area contributed by atoms with E-state index in [2.05, 4.69) is 0 Å². The van der Waals surface area contributed by atoms with Gasteiger partial charge in [0.05, 0.1) is 11.6 Å². The van der Waals surface area contributed by atoms with Gasteiger partial charge < -0.3 is 5.11 Å². The second kappa shape index (κ2) is 6.20. The van der Waals surface area contributed by atoms with Gasteiger partial charge in [-0.05, 0) is 30.9 Å². The summed E-state index contributed by atoms with van der Waals surface area (Å²) in [5.74, 6) is 0.452. The van der Waals surface area contributed by atoms with Crippen LogP contribution in [0.4, 0.5) is 0 Å². The Labute approximate surface area is 129 Å². The number of aliphatic hydroxyl groups is 1. The molecule has 0 aromatic heterocycles. The number of hydrogen-bond acceptors (Lipinski definition) is 3. The summed E-state index contributed by atoms with van der Waals surface area (Å²) >= 11 is 12.0. The highest BCUT2D eigenvalue weighted by Crippen LogP contribution is 2.35. The van der Waals surface area contributed by atoms with Crippen molar-refractivity contribution in [1.29, 1.82) is 0 Å². The number of hydrogen-bond donors (Lipinski definition) is 1. The summed E-state index contributed by atoms with van der Waals surface area (Å²) in [6.45, 7) is 2.32. The van der Waals surface area contributed by atoms with Crippen molar-refractivity contribution in [3.05, 3.63) is 27.7 Å². The van der Waals surface area contributed by atoms with E-state index in [-0.39, 0.29) is 20.5 Å². The summed E-state index contributed by atoms with van der Waals surface area (Å²) in [5.41, 5.74) is 0.247. The van der Waals surface area contributed by atoms with Gasteiger partial charge in [-0.2, -0.15) is 4.31 Å². The molecule has 1 fully saturated rings. The highest BCUT2D eigenvalue weighted by atomic mass is 35.5. The van der Waals surface area contributed by atoms with Crippen LogP contribution in [0.1, 0.15) is 25.3 Å². The molecule has 0 heterocycles. The zero-order chi connectivity index (χ0) is 14.9. The predicted octanol–water partition coefficient (Wildman–Crippen LogP) is 2.91. The number of aliphatic hydroxyl groups excluding tert-OH is 1. The van der Waals surface area contributed by atoms with Gasteiger partial charge in [0.2, 0.25) is 10.0 Å². The first kappa shape index (κ1) is 16.0. The Bertz CT molecular complexity index is 600. The molecule has 1 N–H and O–H groups in total. The smallest absolute Gasteiger partial charge is 0.244 e.